The molecule has 0 atom stereocenters. The molecule has 1 aromatic heterocycles. The molecule has 1 fully saturated rings. The van der Waals surface area contributed by atoms with E-state index in [1.54, 1.807) is 17.2 Å². The predicted octanol–water partition coefficient (Wildman–Crippen LogP) is 1.21. The first-order valence-corrected chi connectivity index (χ1v) is 7.81. The first kappa shape index (κ1) is 17.1. The zero-order valence-corrected chi connectivity index (χ0v) is 14.3. The predicted molar refractivity (Wildman–Crippen MR) is 88.4 cm³/mol. The molecule has 0 saturated carbocycles. The molecule has 1 aliphatic heterocycles. The van der Waals surface area contributed by atoms with Crippen molar-refractivity contribution in [3.63, 3.8) is 0 Å². The summed E-state index contributed by atoms with van der Waals surface area (Å²) in [7, 11) is 1.90. The molecule has 2 rings (SSSR count). The summed E-state index contributed by atoms with van der Waals surface area (Å²) in [6, 6.07) is 1.79. The molecule has 0 radical (unpaired) electrons. The van der Waals surface area contributed by atoms with Gasteiger partial charge >= 0.3 is 6.09 Å². The van der Waals surface area contributed by atoms with Crippen molar-refractivity contribution in [1.29, 1.82) is 0 Å². The van der Waals surface area contributed by atoms with E-state index in [2.05, 4.69) is 4.98 Å². The second-order valence-electron chi connectivity index (χ2n) is 6.84. The quantitative estimate of drug-likeness (QED) is 0.789. The van der Waals surface area contributed by atoms with Crippen molar-refractivity contribution in [3.05, 3.63) is 23.0 Å². The number of halogens is 1. The maximum atomic E-state index is 12.1. The number of hydrogen-bond acceptors (Lipinski definition) is 4. The lowest BCUT2D eigenvalue weighted by Crippen LogP contribution is -2.47. The maximum Gasteiger partial charge on any atom is 0.410 e. The van der Waals surface area contributed by atoms with Crippen molar-refractivity contribution >= 4 is 31.0 Å². The average Bonchev–Trinajstić information content (AvgIpc) is 2.36. The third-order valence-corrected chi connectivity index (χ3v) is 3.95. The molecule has 0 aliphatic carbocycles. The van der Waals surface area contributed by atoms with Crippen molar-refractivity contribution in [1.82, 2.24) is 9.88 Å². The van der Waals surface area contributed by atoms with Gasteiger partial charge in [-0.05, 0) is 39.7 Å². The molecule has 0 aromatic carbocycles. The lowest BCUT2D eigenvalue weighted by atomic mass is 9.86. The van der Waals surface area contributed by atoms with Crippen LogP contribution in [0.25, 0.3) is 0 Å². The van der Waals surface area contributed by atoms with Crippen LogP contribution in [-0.4, -0.2) is 47.6 Å². The number of ether oxygens (including phenoxy) is 1. The van der Waals surface area contributed by atoms with Gasteiger partial charge in [0.25, 0.3) is 0 Å². The number of nitrogens with zero attached hydrogens (tertiary/aromatic N) is 2. The molecule has 22 heavy (non-hydrogen) atoms. The van der Waals surface area contributed by atoms with Crippen LogP contribution in [-0.2, 0) is 10.3 Å². The number of rotatable bonds is 1. The minimum atomic E-state index is -1.09. The van der Waals surface area contributed by atoms with Gasteiger partial charge in [-0.15, -0.1) is 0 Å². The zero-order valence-electron chi connectivity index (χ0n) is 13.5. The zero-order chi connectivity index (χ0) is 16.5. The third-order valence-electron chi connectivity index (χ3n) is 3.66. The summed E-state index contributed by atoms with van der Waals surface area (Å²) in [5.74, 6) is 0. The molecule has 5 nitrogen and oxygen atoms in total. The molecule has 7 heteroatoms. The topological polar surface area (TPSA) is 62.7 Å². The normalized spacial score (nSPS) is 18.1. The van der Waals surface area contributed by atoms with Crippen LogP contribution in [0.4, 0.5) is 4.79 Å². The van der Waals surface area contributed by atoms with Crippen molar-refractivity contribution in [2.45, 2.75) is 44.8 Å². The standard InChI is InChI=1S/C15H22BClN2O3/c1-14(2,3)22-13(20)19-6-4-15(21,5-7-19)12-11(17)8-10(16)9-18-12/h8-9,21H,4-7,16H2,1-3H3. The summed E-state index contributed by atoms with van der Waals surface area (Å²) in [5, 5.41) is 11.3. The molecule has 0 bridgehead atoms. The second-order valence-corrected chi connectivity index (χ2v) is 7.25. The van der Waals surface area contributed by atoms with E-state index in [1.807, 2.05) is 28.6 Å². The molecule has 1 aliphatic rings. The van der Waals surface area contributed by atoms with Gasteiger partial charge in [0, 0.05) is 19.3 Å². The number of pyridine rings is 1. The summed E-state index contributed by atoms with van der Waals surface area (Å²) in [5.41, 5.74) is -0.178. The number of carbonyl (C=O) groups is 1. The fraction of sp³-hybridized carbons (Fsp3) is 0.600. The van der Waals surface area contributed by atoms with E-state index >= 15 is 0 Å². The minimum absolute atomic E-state index is 0.350. The van der Waals surface area contributed by atoms with Gasteiger partial charge in [0.15, 0.2) is 0 Å². The summed E-state index contributed by atoms with van der Waals surface area (Å²) in [6.45, 7) is 6.33. The van der Waals surface area contributed by atoms with Crippen LogP contribution in [0.5, 0.6) is 0 Å². The second kappa shape index (κ2) is 6.09. The Bertz CT molecular complexity index is 566. The Hall–Kier alpha value is -1.27. The molecule has 2 heterocycles. The number of hydrogen-bond donors (Lipinski definition) is 1. The first-order valence-electron chi connectivity index (χ1n) is 7.44. The SMILES string of the molecule is Bc1cnc(C2(O)CCN(C(=O)OC(C)(C)C)CC2)c(Cl)c1. The lowest BCUT2D eigenvalue weighted by molar-refractivity contribution is -0.0380. The summed E-state index contributed by atoms with van der Waals surface area (Å²) >= 11 is 6.21. The van der Waals surface area contributed by atoms with E-state index < -0.39 is 11.2 Å². The van der Waals surface area contributed by atoms with Crippen LogP contribution in [0.1, 0.15) is 39.3 Å². The Morgan fingerprint density at radius 1 is 1.45 bits per heavy atom. The van der Waals surface area contributed by atoms with Crippen LogP contribution in [0.15, 0.2) is 12.3 Å². The van der Waals surface area contributed by atoms with Gasteiger partial charge in [-0.25, -0.2) is 4.79 Å². The van der Waals surface area contributed by atoms with Gasteiger partial charge in [0.05, 0.1) is 10.7 Å². The highest BCUT2D eigenvalue weighted by Gasteiger charge is 2.39. The number of piperidine rings is 1. The highest BCUT2D eigenvalue weighted by Crippen LogP contribution is 2.35. The summed E-state index contributed by atoms with van der Waals surface area (Å²) < 4.78 is 5.35. The number of aliphatic hydroxyl groups is 1. The van der Waals surface area contributed by atoms with E-state index in [9.17, 15) is 9.90 Å². The molecule has 120 valence electrons. The fourth-order valence-electron chi connectivity index (χ4n) is 2.50. The van der Waals surface area contributed by atoms with Gasteiger partial charge in [-0.1, -0.05) is 17.1 Å². The molecule has 0 spiro atoms. The summed E-state index contributed by atoms with van der Waals surface area (Å²) in [6.07, 6.45) is 2.13. The van der Waals surface area contributed by atoms with Crippen LogP contribution in [0, 0.1) is 0 Å². The average molecular weight is 325 g/mol. The fourth-order valence-corrected chi connectivity index (χ4v) is 2.90. The van der Waals surface area contributed by atoms with E-state index in [1.165, 1.54) is 0 Å². The van der Waals surface area contributed by atoms with Gasteiger partial charge in [-0.2, -0.15) is 0 Å². The van der Waals surface area contributed by atoms with Crippen LogP contribution < -0.4 is 5.46 Å². The molecule has 1 N–H and O–H groups in total. The molecule has 1 amide bonds. The molecule has 0 unspecified atom stereocenters. The number of amides is 1. The van der Waals surface area contributed by atoms with Crippen LogP contribution >= 0.6 is 11.6 Å². The number of likely N-dealkylation sites (tertiary alicyclic amines) is 1. The molecular weight excluding hydrogens is 302 g/mol. The Labute approximate surface area is 137 Å². The number of carbonyl (C=O) groups excluding carboxylic acids is 1. The van der Waals surface area contributed by atoms with Gasteiger partial charge in [-0.3, -0.25) is 4.98 Å². The largest absolute Gasteiger partial charge is 0.444 e. The highest BCUT2D eigenvalue weighted by atomic mass is 35.5. The van der Waals surface area contributed by atoms with E-state index in [0.717, 1.165) is 5.46 Å². The Morgan fingerprint density at radius 3 is 2.55 bits per heavy atom. The van der Waals surface area contributed by atoms with E-state index in [-0.39, 0.29) is 6.09 Å². The molecule has 1 saturated heterocycles. The monoisotopic (exact) mass is 324 g/mol. The maximum absolute atomic E-state index is 12.1. The van der Waals surface area contributed by atoms with Crippen LogP contribution in [0.3, 0.4) is 0 Å². The van der Waals surface area contributed by atoms with Gasteiger partial charge in [0.1, 0.15) is 19.0 Å². The smallest absolute Gasteiger partial charge is 0.410 e. The van der Waals surface area contributed by atoms with Crippen molar-refractivity contribution in [3.8, 4) is 0 Å². The van der Waals surface area contributed by atoms with Gasteiger partial charge < -0.3 is 14.7 Å². The van der Waals surface area contributed by atoms with E-state index in [4.69, 9.17) is 16.3 Å². The Morgan fingerprint density at radius 2 is 2.05 bits per heavy atom. The van der Waals surface area contributed by atoms with Gasteiger partial charge in [0.2, 0.25) is 0 Å². The van der Waals surface area contributed by atoms with Crippen molar-refractivity contribution in [2.24, 2.45) is 0 Å². The third kappa shape index (κ3) is 3.93. The first-order chi connectivity index (χ1) is 10.1. The van der Waals surface area contributed by atoms with Crippen LogP contribution in [0.2, 0.25) is 5.02 Å². The number of aromatic nitrogens is 1. The van der Waals surface area contributed by atoms with Crippen molar-refractivity contribution < 1.29 is 14.6 Å². The van der Waals surface area contributed by atoms with Crippen molar-refractivity contribution in [2.75, 3.05) is 13.1 Å². The Kier molecular flexibility index (Phi) is 4.73. The Balaban J connectivity index is 2.06. The lowest BCUT2D eigenvalue weighted by Gasteiger charge is -2.38. The minimum Gasteiger partial charge on any atom is -0.444 e. The molecule has 1 aromatic rings. The summed E-state index contributed by atoms with van der Waals surface area (Å²) in [4.78, 5) is 18.0. The highest BCUT2D eigenvalue weighted by molar-refractivity contribution is 6.36. The van der Waals surface area contributed by atoms with E-state index in [0.29, 0.717) is 36.6 Å². The molecular formula is C15H22BClN2O3.